The van der Waals surface area contributed by atoms with E-state index in [2.05, 4.69) is 12.2 Å². The van der Waals surface area contributed by atoms with Crippen LogP contribution in [0.3, 0.4) is 0 Å². The average Bonchev–Trinajstić information content (AvgIpc) is 2.41. The van der Waals surface area contributed by atoms with Crippen molar-refractivity contribution in [3.05, 3.63) is 0 Å². The van der Waals surface area contributed by atoms with Gasteiger partial charge in [-0.1, -0.05) is 45.4 Å². The molecule has 0 rings (SSSR count). The van der Waals surface area contributed by atoms with Crippen molar-refractivity contribution in [2.75, 3.05) is 0 Å². The predicted octanol–water partition coefficient (Wildman–Crippen LogP) is -6.10. The molecule has 0 spiro atoms. The molecule has 8 heteroatoms. The van der Waals surface area contributed by atoms with E-state index in [9.17, 15) is 24.6 Å². The number of hydrogen-bond acceptors (Lipinski definition) is 5. The van der Waals surface area contributed by atoms with Crippen LogP contribution in [0, 0.1) is 0 Å². The van der Waals surface area contributed by atoms with Crippen LogP contribution in [0.15, 0.2) is 0 Å². The molecule has 0 aromatic heterocycles. The van der Waals surface area contributed by atoms with Crippen molar-refractivity contribution in [2.24, 2.45) is 0 Å². The summed E-state index contributed by atoms with van der Waals surface area (Å²) in [5.41, 5.74) is 0. The van der Waals surface area contributed by atoms with E-state index in [-0.39, 0.29) is 77.9 Å². The second kappa shape index (κ2) is 18.7. The Bertz CT molecular complexity index is 340. The summed E-state index contributed by atoms with van der Waals surface area (Å²) in [5.74, 6) is -3.19. The molecule has 23 heavy (non-hydrogen) atoms. The van der Waals surface area contributed by atoms with Gasteiger partial charge in [-0.05, 0) is 19.3 Å². The van der Waals surface area contributed by atoms with Crippen LogP contribution < -0.4 is 74.6 Å². The van der Waals surface area contributed by atoms with Gasteiger partial charge in [-0.15, -0.1) is 0 Å². The van der Waals surface area contributed by atoms with Crippen molar-refractivity contribution < 1.29 is 83.7 Å². The van der Waals surface area contributed by atoms with Crippen LogP contribution in [-0.4, -0.2) is 23.9 Å². The maximum absolute atomic E-state index is 11.6. The first kappa shape index (κ1) is 28.2. The molecule has 6 nitrogen and oxygen atoms in total. The summed E-state index contributed by atoms with van der Waals surface area (Å²) in [6.45, 7) is 2.15. The van der Waals surface area contributed by atoms with Crippen molar-refractivity contribution in [2.45, 2.75) is 77.2 Å². The van der Waals surface area contributed by atoms with Gasteiger partial charge >= 0.3 is 59.1 Å². The van der Waals surface area contributed by atoms with E-state index >= 15 is 0 Å². The fraction of sp³-hybridized carbons (Fsp3) is 0.800. The topological polar surface area (TPSA) is 109 Å². The molecule has 1 amide bonds. The Kier molecular flexibility index (Phi) is 23.0. The number of unbranched alkanes of at least 4 members (excludes halogenated alkanes) is 6. The van der Waals surface area contributed by atoms with E-state index in [0.717, 1.165) is 19.3 Å². The molecule has 122 valence electrons. The zero-order valence-electron chi connectivity index (χ0n) is 14.7. The smallest absolute Gasteiger partial charge is 0.550 e. The first-order valence-electron chi connectivity index (χ1n) is 7.67. The summed E-state index contributed by atoms with van der Waals surface area (Å²) in [4.78, 5) is 32.7. The zero-order valence-corrected chi connectivity index (χ0v) is 18.7. The molecule has 1 unspecified atom stereocenters. The van der Waals surface area contributed by atoms with Crippen LogP contribution in [-0.2, 0) is 14.4 Å². The van der Waals surface area contributed by atoms with Crippen LogP contribution in [0.25, 0.3) is 0 Å². The number of carbonyl (C=O) groups is 3. The number of carbonyl (C=O) groups excluding carboxylic acids is 3. The third kappa shape index (κ3) is 18.6. The number of nitrogens with one attached hydrogen (secondary N) is 1. The molecule has 0 heterocycles. The Hall–Kier alpha value is 0.410. The van der Waals surface area contributed by atoms with Gasteiger partial charge in [0, 0.05) is 12.4 Å². The monoisotopic (exact) mass is 345 g/mol. The number of carboxylic acids is 2. The largest absolute Gasteiger partial charge is 1.00 e. The minimum Gasteiger partial charge on any atom is -0.550 e. The molecule has 1 atom stereocenters. The molecule has 0 radical (unpaired) electrons. The van der Waals surface area contributed by atoms with Gasteiger partial charge in [-0.3, -0.25) is 4.79 Å². The van der Waals surface area contributed by atoms with Crippen LogP contribution in [0.4, 0.5) is 0 Å². The normalized spacial score (nSPS) is 10.8. The Labute approximate surface area is 182 Å². The van der Waals surface area contributed by atoms with Crippen molar-refractivity contribution in [3.8, 4) is 0 Å². The Morgan fingerprint density at radius 1 is 0.870 bits per heavy atom. The Morgan fingerprint density at radius 2 is 1.39 bits per heavy atom. The molecule has 0 bridgehead atoms. The van der Waals surface area contributed by atoms with Crippen molar-refractivity contribution in [1.82, 2.24) is 5.32 Å². The summed E-state index contributed by atoms with van der Waals surface area (Å²) in [6, 6.07) is -1.26. The fourth-order valence-corrected chi connectivity index (χ4v) is 2.02. The van der Waals surface area contributed by atoms with E-state index in [1.807, 2.05) is 0 Å². The summed E-state index contributed by atoms with van der Waals surface area (Å²) in [7, 11) is 0. The number of aliphatic carboxylic acids is 2. The van der Waals surface area contributed by atoms with Crippen molar-refractivity contribution in [1.29, 1.82) is 0 Å². The molecular formula is C15H25NNa2O5. The SMILES string of the molecule is CCCCCCCCCC(=O)NC(CCC(=O)[O-])C(=O)[O-].[Na+].[Na+]. The van der Waals surface area contributed by atoms with Crippen LogP contribution in [0.1, 0.15) is 71.1 Å². The minimum atomic E-state index is -1.47. The quantitative estimate of drug-likeness (QED) is 0.264. The molecule has 0 aromatic carbocycles. The molecule has 0 aliphatic carbocycles. The van der Waals surface area contributed by atoms with Gasteiger partial charge in [0.05, 0.1) is 12.0 Å². The number of hydrogen-bond donors (Lipinski definition) is 1. The maximum atomic E-state index is 11.6. The zero-order chi connectivity index (χ0) is 16.1. The number of carboxylic acid groups (broad SMARTS) is 2. The van der Waals surface area contributed by atoms with Gasteiger partial charge in [0.2, 0.25) is 5.91 Å². The number of rotatable bonds is 13. The summed E-state index contributed by atoms with van der Waals surface area (Å²) < 4.78 is 0. The number of amides is 1. The summed E-state index contributed by atoms with van der Waals surface area (Å²) >= 11 is 0. The fourth-order valence-electron chi connectivity index (χ4n) is 2.02. The van der Waals surface area contributed by atoms with E-state index in [0.29, 0.717) is 6.42 Å². The van der Waals surface area contributed by atoms with E-state index in [4.69, 9.17) is 0 Å². The van der Waals surface area contributed by atoms with Crippen LogP contribution >= 0.6 is 0 Å². The van der Waals surface area contributed by atoms with E-state index in [1.54, 1.807) is 0 Å². The summed E-state index contributed by atoms with van der Waals surface area (Å²) in [6.07, 6.45) is 7.12. The molecule has 0 saturated carbocycles. The molecule has 0 aliphatic rings. The second-order valence-corrected chi connectivity index (χ2v) is 5.22. The first-order chi connectivity index (χ1) is 9.97. The van der Waals surface area contributed by atoms with Gasteiger partial charge in [0.15, 0.2) is 0 Å². The minimum absolute atomic E-state index is 0. The first-order valence-corrected chi connectivity index (χ1v) is 7.67. The third-order valence-corrected chi connectivity index (χ3v) is 3.26. The predicted molar refractivity (Wildman–Crippen MR) is 73.8 cm³/mol. The van der Waals surface area contributed by atoms with Gasteiger partial charge in [-0.2, -0.15) is 0 Å². The van der Waals surface area contributed by atoms with Gasteiger partial charge in [0.25, 0.3) is 0 Å². The second-order valence-electron chi connectivity index (χ2n) is 5.22. The van der Waals surface area contributed by atoms with Gasteiger partial charge in [0.1, 0.15) is 0 Å². The van der Waals surface area contributed by atoms with Crippen molar-refractivity contribution in [3.63, 3.8) is 0 Å². The van der Waals surface area contributed by atoms with Crippen molar-refractivity contribution >= 4 is 17.8 Å². The third-order valence-electron chi connectivity index (χ3n) is 3.26. The maximum Gasteiger partial charge on any atom is 1.00 e. The average molecular weight is 345 g/mol. The van der Waals surface area contributed by atoms with E-state index < -0.39 is 24.4 Å². The van der Waals surface area contributed by atoms with E-state index in [1.165, 1.54) is 19.3 Å². The summed E-state index contributed by atoms with van der Waals surface area (Å²) in [5, 5.41) is 23.4. The molecule has 1 N–H and O–H groups in total. The molecule has 0 fully saturated rings. The van der Waals surface area contributed by atoms with Crippen LogP contribution in [0.2, 0.25) is 0 Å². The molecule has 0 aliphatic heterocycles. The molecule has 0 saturated heterocycles. The molecule has 0 aromatic rings. The van der Waals surface area contributed by atoms with Gasteiger partial charge in [-0.25, -0.2) is 0 Å². The Morgan fingerprint density at radius 3 is 1.87 bits per heavy atom. The standard InChI is InChI=1S/C15H27NO5.2Na/c1-2-3-4-5-6-7-8-9-13(17)16-12(15(20)21)10-11-14(18)19;;/h12H,2-11H2,1H3,(H,16,17)(H,18,19)(H,20,21);;/q;2*+1/p-2. The van der Waals surface area contributed by atoms with Gasteiger partial charge < -0.3 is 25.1 Å². The Balaban J connectivity index is -0.00000200. The van der Waals surface area contributed by atoms with Crippen LogP contribution in [0.5, 0.6) is 0 Å². The molecular weight excluding hydrogens is 320 g/mol.